The minimum atomic E-state index is -1.14. The van der Waals surface area contributed by atoms with Crippen LogP contribution in [-0.2, 0) is 16.0 Å². The molecular formula is C26H22Cl2N4O3. The fraction of sp³-hybridized carbons (Fsp3) is 0.154. The summed E-state index contributed by atoms with van der Waals surface area (Å²) in [5, 5.41) is 3.56. The molecule has 0 bridgehead atoms. The number of hydrogen-bond acceptors (Lipinski definition) is 4. The Kier molecular flexibility index (Phi) is 7.19. The van der Waals surface area contributed by atoms with Crippen molar-refractivity contribution in [1.82, 2.24) is 5.32 Å². The molecule has 3 aromatic carbocycles. The molecule has 1 aliphatic heterocycles. The Balaban J connectivity index is 1.64. The Bertz CT molecular complexity index is 1340. The number of hydrogen-bond donors (Lipinski definition) is 2. The molecule has 4 rings (SSSR count). The van der Waals surface area contributed by atoms with E-state index in [-0.39, 0.29) is 18.2 Å². The molecule has 35 heavy (non-hydrogen) atoms. The van der Waals surface area contributed by atoms with Gasteiger partial charge in [-0.1, -0.05) is 65.7 Å². The van der Waals surface area contributed by atoms with Gasteiger partial charge < -0.3 is 16.0 Å². The zero-order valence-electron chi connectivity index (χ0n) is 18.8. The van der Waals surface area contributed by atoms with Gasteiger partial charge in [0, 0.05) is 30.2 Å². The van der Waals surface area contributed by atoms with Crippen molar-refractivity contribution in [3.05, 3.63) is 99.0 Å². The number of carbonyl (C=O) groups excluding carboxylic acids is 3. The molecule has 3 N–H and O–H groups in total. The number of nitrogens with zero attached hydrogens (tertiary/aromatic N) is 2. The molecular weight excluding hydrogens is 487 g/mol. The minimum Gasteiger partial charge on any atom is -0.366 e. The van der Waals surface area contributed by atoms with Gasteiger partial charge in [-0.15, -0.1) is 0 Å². The fourth-order valence-corrected chi connectivity index (χ4v) is 4.27. The van der Waals surface area contributed by atoms with Crippen molar-refractivity contribution in [2.45, 2.75) is 19.0 Å². The molecule has 0 aromatic heterocycles. The molecule has 7 nitrogen and oxygen atoms in total. The molecule has 178 valence electrons. The topological polar surface area (TPSA) is 105 Å². The number of nitrogens with two attached hydrogens (primary N) is 1. The first-order valence-corrected chi connectivity index (χ1v) is 11.6. The van der Waals surface area contributed by atoms with Crippen LogP contribution in [0.4, 0.5) is 5.69 Å². The molecule has 3 aromatic rings. The van der Waals surface area contributed by atoms with Gasteiger partial charge in [-0.3, -0.25) is 14.4 Å². The van der Waals surface area contributed by atoms with Crippen molar-refractivity contribution in [1.29, 1.82) is 0 Å². The smallest absolute Gasteiger partial charge is 0.272 e. The largest absolute Gasteiger partial charge is 0.366 e. The predicted octanol–water partition coefficient (Wildman–Crippen LogP) is 3.98. The number of benzene rings is 3. The van der Waals surface area contributed by atoms with Crippen LogP contribution >= 0.6 is 23.2 Å². The number of primary amides is 1. The van der Waals surface area contributed by atoms with Gasteiger partial charge in [-0.05, 0) is 36.2 Å². The number of aliphatic imine (C=N–C) groups is 1. The van der Waals surface area contributed by atoms with Crippen molar-refractivity contribution >= 4 is 52.3 Å². The highest BCUT2D eigenvalue weighted by Gasteiger charge is 2.31. The van der Waals surface area contributed by atoms with E-state index in [1.807, 2.05) is 24.3 Å². The Morgan fingerprint density at radius 2 is 1.74 bits per heavy atom. The average Bonchev–Trinajstić information content (AvgIpc) is 2.96. The second kappa shape index (κ2) is 10.3. The number of carbonyl (C=O) groups is 3. The van der Waals surface area contributed by atoms with Gasteiger partial charge in [0.05, 0.1) is 21.4 Å². The van der Waals surface area contributed by atoms with Gasteiger partial charge >= 0.3 is 0 Å². The van der Waals surface area contributed by atoms with Crippen LogP contribution in [0, 0.1) is 0 Å². The monoisotopic (exact) mass is 508 g/mol. The van der Waals surface area contributed by atoms with E-state index in [4.69, 9.17) is 28.9 Å². The summed E-state index contributed by atoms with van der Waals surface area (Å²) in [6.45, 7) is 0. The third kappa shape index (κ3) is 5.21. The van der Waals surface area contributed by atoms with E-state index in [1.165, 1.54) is 4.90 Å². The molecule has 0 radical (unpaired) electrons. The number of para-hydroxylation sites is 1. The van der Waals surface area contributed by atoms with Gasteiger partial charge in [0.1, 0.15) is 0 Å². The summed E-state index contributed by atoms with van der Waals surface area (Å²) in [4.78, 5) is 43.7. The number of anilines is 1. The van der Waals surface area contributed by atoms with Crippen LogP contribution in [0.1, 0.15) is 33.5 Å². The van der Waals surface area contributed by atoms with Crippen molar-refractivity contribution in [2.24, 2.45) is 10.7 Å². The number of aryl methyl sites for hydroxylation is 1. The van der Waals surface area contributed by atoms with E-state index in [0.29, 0.717) is 39.0 Å². The molecule has 1 aliphatic rings. The quantitative estimate of drug-likeness (QED) is 0.525. The lowest BCUT2D eigenvalue weighted by atomic mass is 9.99. The summed E-state index contributed by atoms with van der Waals surface area (Å²) >= 11 is 12.3. The van der Waals surface area contributed by atoms with E-state index >= 15 is 0 Å². The van der Waals surface area contributed by atoms with Gasteiger partial charge in [0.2, 0.25) is 18.0 Å². The fourth-order valence-electron chi connectivity index (χ4n) is 3.85. The molecule has 0 aliphatic carbocycles. The van der Waals surface area contributed by atoms with Crippen LogP contribution in [0.2, 0.25) is 10.0 Å². The van der Waals surface area contributed by atoms with E-state index in [9.17, 15) is 14.4 Å². The van der Waals surface area contributed by atoms with E-state index in [0.717, 1.165) is 11.1 Å². The normalized spacial score (nSPS) is 15.2. The van der Waals surface area contributed by atoms with E-state index in [2.05, 4.69) is 10.3 Å². The first-order valence-electron chi connectivity index (χ1n) is 10.8. The molecule has 0 saturated heterocycles. The maximum absolute atomic E-state index is 13.2. The average molecular weight is 509 g/mol. The molecule has 1 heterocycles. The van der Waals surface area contributed by atoms with Gasteiger partial charge in [-0.2, -0.15) is 0 Å². The standard InChI is InChI=1S/C26H22Cl2N4O3/c1-32-20-8-3-2-6-18(20)23(16-9-11-17(12-10-16)24(29)34)31-25(26(32)35)30-21(33)14-13-15-5-4-7-19(27)22(15)28/h2-12,25H,13-14H2,1H3,(H2,29,34)(H,30,33)/t25-/m1/s1. The van der Waals surface area contributed by atoms with Crippen LogP contribution in [0.25, 0.3) is 0 Å². The molecule has 0 saturated carbocycles. The van der Waals surface area contributed by atoms with Crippen LogP contribution in [-0.4, -0.2) is 36.6 Å². The maximum Gasteiger partial charge on any atom is 0.272 e. The highest BCUT2D eigenvalue weighted by atomic mass is 35.5. The zero-order chi connectivity index (χ0) is 25.1. The van der Waals surface area contributed by atoms with Crippen LogP contribution in [0.3, 0.4) is 0 Å². The highest BCUT2D eigenvalue weighted by Crippen LogP contribution is 2.28. The minimum absolute atomic E-state index is 0.0959. The Hall–Kier alpha value is -3.68. The highest BCUT2D eigenvalue weighted by molar-refractivity contribution is 6.42. The number of amides is 3. The zero-order valence-corrected chi connectivity index (χ0v) is 20.3. The summed E-state index contributed by atoms with van der Waals surface area (Å²) in [6.07, 6.45) is -0.688. The number of halogens is 2. The van der Waals surface area contributed by atoms with Gasteiger partial charge in [0.15, 0.2) is 0 Å². The predicted molar refractivity (Wildman–Crippen MR) is 137 cm³/mol. The lowest BCUT2D eigenvalue weighted by Crippen LogP contribution is -2.46. The molecule has 3 amide bonds. The number of nitrogens with one attached hydrogen (secondary N) is 1. The second-order valence-corrected chi connectivity index (χ2v) is 8.80. The lowest BCUT2D eigenvalue weighted by Gasteiger charge is -2.21. The van der Waals surface area contributed by atoms with Crippen LogP contribution < -0.4 is 16.0 Å². The maximum atomic E-state index is 13.2. The molecule has 1 atom stereocenters. The summed E-state index contributed by atoms with van der Waals surface area (Å²) in [5.74, 6) is -1.28. The van der Waals surface area contributed by atoms with E-state index < -0.39 is 12.1 Å². The molecule has 0 fully saturated rings. The van der Waals surface area contributed by atoms with Crippen LogP contribution in [0.15, 0.2) is 71.7 Å². The lowest BCUT2D eigenvalue weighted by molar-refractivity contribution is -0.127. The van der Waals surface area contributed by atoms with Gasteiger partial charge in [0.25, 0.3) is 5.91 Å². The summed E-state index contributed by atoms with van der Waals surface area (Å²) in [7, 11) is 1.64. The first-order chi connectivity index (χ1) is 16.8. The van der Waals surface area contributed by atoms with Crippen LogP contribution in [0.5, 0.6) is 0 Å². The molecule has 9 heteroatoms. The Morgan fingerprint density at radius 3 is 2.46 bits per heavy atom. The Morgan fingerprint density at radius 1 is 1.03 bits per heavy atom. The first kappa shape index (κ1) is 24.4. The third-order valence-corrected chi connectivity index (χ3v) is 6.59. The SMILES string of the molecule is CN1C(=O)[C@H](NC(=O)CCc2cccc(Cl)c2Cl)N=C(c2ccc(C(N)=O)cc2)c2ccccc21. The molecule has 0 unspecified atom stereocenters. The molecule has 0 spiro atoms. The summed E-state index contributed by atoms with van der Waals surface area (Å²) in [5.41, 5.74) is 9.02. The number of likely N-dealkylation sites (N-methyl/N-ethyl adjacent to an activating group) is 1. The van der Waals surface area contributed by atoms with E-state index in [1.54, 1.807) is 49.5 Å². The van der Waals surface area contributed by atoms with Crippen molar-refractivity contribution in [2.75, 3.05) is 11.9 Å². The third-order valence-electron chi connectivity index (χ3n) is 5.74. The number of benzodiazepines with no additional fused rings is 1. The Labute approximate surface area is 212 Å². The number of rotatable bonds is 6. The number of fused-ring (bicyclic) bond motifs is 1. The van der Waals surface area contributed by atoms with Crippen molar-refractivity contribution < 1.29 is 14.4 Å². The van der Waals surface area contributed by atoms with Crippen molar-refractivity contribution in [3.63, 3.8) is 0 Å². The van der Waals surface area contributed by atoms with Crippen molar-refractivity contribution in [3.8, 4) is 0 Å². The van der Waals surface area contributed by atoms with Gasteiger partial charge in [-0.25, -0.2) is 4.99 Å². The summed E-state index contributed by atoms with van der Waals surface area (Å²) < 4.78 is 0. The second-order valence-electron chi connectivity index (χ2n) is 8.02. The summed E-state index contributed by atoms with van der Waals surface area (Å²) in [6, 6.07) is 19.2.